The Kier molecular flexibility index (Phi) is 4.29. The first-order valence-corrected chi connectivity index (χ1v) is 7.44. The van der Waals surface area contributed by atoms with E-state index in [1.807, 2.05) is 0 Å². The third kappa shape index (κ3) is 3.23. The molecule has 2 aliphatic rings. The topological polar surface area (TPSA) is 12.0 Å². The van der Waals surface area contributed by atoms with Crippen LogP contribution in [0.1, 0.15) is 59.3 Å². The van der Waals surface area contributed by atoms with E-state index in [1.54, 1.807) is 0 Å². The molecule has 3 atom stereocenters. The summed E-state index contributed by atoms with van der Waals surface area (Å²) in [6, 6.07) is 0.889. The average molecular weight is 223 g/mol. The molecule has 16 heavy (non-hydrogen) atoms. The van der Waals surface area contributed by atoms with Gasteiger partial charge in [0.1, 0.15) is 0 Å². The van der Waals surface area contributed by atoms with Crippen LogP contribution in [0.15, 0.2) is 0 Å². The van der Waals surface area contributed by atoms with Crippen molar-refractivity contribution in [3.05, 3.63) is 0 Å². The molecule has 0 aliphatic heterocycles. The molecular weight excluding hydrogens is 194 g/mol. The fourth-order valence-corrected chi connectivity index (χ4v) is 3.34. The van der Waals surface area contributed by atoms with Gasteiger partial charge in [-0.3, -0.25) is 0 Å². The molecule has 2 aliphatic carbocycles. The highest BCUT2D eigenvalue weighted by Gasteiger charge is 2.31. The van der Waals surface area contributed by atoms with E-state index < -0.39 is 0 Å². The number of hydrogen-bond acceptors (Lipinski definition) is 1. The van der Waals surface area contributed by atoms with E-state index >= 15 is 0 Å². The van der Waals surface area contributed by atoms with Crippen LogP contribution in [0, 0.1) is 23.7 Å². The molecule has 0 saturated heterocycles. The predicted octanol–water partition coefficient (Wildman–Crippen LogP) is 3.84. The van der Waals surface area contributed by atoms with Gasteiger partial charge < -0.3 is 5.32 Å². The molecule has 0 amide bonds. The van der Waals surface area contributed by atoms with E-state index in [0.717, 1.165) is 29.7 Å². The molecule has 94 valence electrons. The van der Waals surface area contributed by atoms with E-state index in [2.05, 4.69) is 26.1 Å². The van der Waals surface area contributed by atoms with Gasteiger partial charge in [-0.25, -0.2) is 0 Å². The predicted molar refractivity (Wildman–Crippen MR) is 70.5 cm³/mol. The van der Waals surface area contributed by atoms with E-state index in [0.29, 0.717) is 0 Å². The Morgan fingerprint density at radius 3 is 2.38 bits per heavy atom. The first kappa shape index (κ1) is 12.4. The minimum atomic E-state index is 0.889. The van der Waals surface area contributed by atoms with Crippen molar-refractivity contribution in [2.45, 2.75) is 65.3 Å². The molecule has 0 aromatic rings. The maximum atomic E-state index is 3.73. The SMILES string of the molecule is CCC1CC(C(C)C)CCC1CNC1CC1. The van der Waals surface area contributed by atoms with Gasteiger partial charge in [0.25, 0.3) is 0 Å². The standard InChI is InChI=1S/C15H29N/c1-4-12-9-13(11(2)3)5-6-14(12)10-16-15-7-8-15/h11-16H,4-10H2,1-3H3. The Labute approximate surface area is 101 Å². The summed E-state index contributed by atoms with van der Waals surface area (Å²) in [5, 5.41) is 3.73. The zero-order valence-corrected chi connectivity index (χ0v) is 11.3. The Balaban J connectivity index is 1.79. The van der Waals surface area contributed by atoms with Crippen molar-refractivity contribution in [2.24, 2.45) is 23.7 Å². The fourth-order valence-electron chi connectivity index (χ4n) is 3.34. The molecule has 2 saturated carbocycles. The van der Waals surface area contributed by atoms with E-state index in [9.17, 15) is 0 Å². The maximum absolute atomic E-state index is 3.73. The Bertz CT molecular complexity index is 207. The Hall–Kier alpha value is -0.0400. The normalized spacial score (nSPS) is 35.6. The summed E-state index contributed by atoms with van der Waals surface area (Å²) in [4.78, 5) is 0. The summed E-state index contributed by atoms with van der Waals surface area (Å²) in [7, 11) is 0. The van der Waals surface area contributed by atoms with Crippen molar-refractivity contribution >= 4 is 0 Å². The van der Waals surface area contributed by atoms with Gasteiger partial charge in [-0.1, -0.05) is 27.2 Å². The zero-order valence-electron chi connectivity index (χ0n) is 11.3. The van der Waals surface area contributed by atoms with Crippen molar-refractivity contribution in [2.75, 3.05) is 6.54 Å². The maximum Gasteiger partial charge on any atom is 0.00683 e. The number of nitrogens with one attached hydrogen (secondary N) is 1. The lowest BCUT2D eigenvalue weighted by Gasteiger charge is -2.37. The van der Waals surface area contributed by atoms with Crippen LogP contribution in [0.2, 0.25) is 0 Å². The molecule has 0 radical (unpaired) electrons. The summed E-state index contributed by atoms with van der Waals surface area (Å²) < 4.78 is 0. The highest BCUT2D eigenvalue weighted by molar-refractivity contribution is 4.86. The molecule has 0 aromatic carbocycles. The van der Waals surface area contributed by atoms with Crippen molar-refractivity contribution in [1.29, 1.82) is 0 Å². The van der Waals surface area contributed by atoms with Gasteiger partial charge in [0.15, 0.2) is 0 Å². The average Bonchev–Trinajstić information content (AvgIpc) is 3.09. The van der Waals surface area contributed by atoms with Crippen LogP contribution in [0.3, 0.4) is 0 Å². The Morgan fingerprint density at radius 1 is 1.06 bits per heavy atom. The van der Waals surface area contributed by atoms with Crippen molar-refractivity contribution in [3.8, 4) is 0 Å². The smallest absolute Gasteiger partial charge is 0.00683 e. The molecule has 0 aromatic heterocycles. The number of hydrogen-bond donors (Lipinski definition) is 1. The lowest BCUT2D eigenvalue weighted by Crippen LogP contribution is -2.34. The number of rotatable bonds is 5. The molecule has 2 fully saturated rings. The summed E-state index contributed by atoms with van der Waals surface area (Å²) in [5.74, 6) is 3.86. The summed E-state index contributed by atoms with van der Waals surface area (Å²) in [6.07, 6.45) is 8.69. The van der Waals surface area contributed by atoms with E-state index in [4.69, 9.17) is 0 Å². The minimum absolute atomic E-state index is 0.889. The van der Waals surface area contributed by atoms with Gasteiger partial charge in [0, 0.05) is 6.04 Å². The van der Waals surface area contributed by atoms with Crippen LogP contribution in [-0.2, 0) is 0 Å². The summed E-state index contributed by atoms with van der Waals surface area (Å²) in [6.45, 7) is 8.49. The van der Waals surface area contributed by atoms with Crippen LogP contribution >= 0.6 is 0 Å². The second-order valence-corrected chi connectivity index (χ2v) is 6.43. The van der Waals surface area contributed by atoms with Gasteiger partial charge in [0.05, 0.1) is 0 Å². The first-order valence-electron chi connectivity index (χ1n) is 7.44. The largest absolute Gasteiger partial charge is 0.314 e. The molecular formula is C15H29N. The fraction of sp³-hybridized carbons (Fsp3) is 1.00. The quantitative estimate of drug-likeness (QED) is 0.747. The minimum Gasteiger partial charge on any atom is -0.314 e. The molecule has 1 heteroatoms. The van der Waals surface area contributed by atoms with Crippen LogP contribution in [0.5, 0.6) is 0 Å². The van der Waals surface area contributed by atoms with Crippen LogP contribution in [0.4, 0.5) is 0 Å². The van der Waals surface area contributed by atoms with E-state index in [-0.39, 0.29) is 0 Å². The highest BCUT2D eigenvalue weighted by Crippen LogP contribution is 2.39. The van der Waals surface area contributed by atoms with Crippen LogP contribution in [-0.4, -0.2) is 12.6 Å². The Morgan fingerprint density at radius 2 is 1.81 bits per heavy atom. The van der Waals surface area contributed by atoms with Crippen molar-refractivity contribution < 1.29 is 0 Å². The van der Waals surface area contributed by atoms with Gasteiger partial charge in [-0.05, 0) is 62.3 Å². The molecule has 2 rings (SSSR count). The zero-order chi connectivity index (χ0) is 11.5. The molecule has 1 N–H and O–H groups in total. The molecule has 0 bridgehead atoms. The van der Waals surface area contributed by atoms with Crippen molar-refractivity contribution in [3.63, 3.8) is 0 Å². The monoisotopic (exact) mass is 223 g/mol. The van der Waals surface area contributed by atoms with Gasteiger partial charge in [-0.15, -0.1) is 0 Å². The molecule has 1 nitrogen and oxygen atoms in total. The van der Waals surface area contributed by atoms with E-state index in [1.165, 1.54) is 45.1 Å². The second-order valence-electron chi connectivity index (χ2n) is 6.43. The highest BCUT2D eigenvalue weighted by atomic mass is 14.9. The second kappa shape index (κ2) is 5.53. The summed E-state index contributed by atoms with van der Waals surface area (Å²) >= 11 is 0. The lowest BCUT2D eigenvalue weighted by molar-refractivity contribution is 0.141. The summed E-state index contributed by atoms with van der Waals surface area (Å²) in [5.41, 5.74) is 0. The van der Waals surface area contributed by atoms with Crippen LogP contribution in [0.25, 0.3) is 0 Å². The van der Waals surface area contributed by atoms with Gasteiger partial charge >= 0.3 is 0 Å². The third-order valence-corrected chi connectivity index (χ3v) is 4.89. The van der Waals surface area contributed by atoms with Gasteiger partial charge in [0.2, 0.25) is 0 Å². The van der Waals surface area contributed by atoms with Crippen molar-refractivity contribution in [1.82, 2.24) is 5.32 Å². The van der Waals surface area contributed by atoms with Crippen LogP contribution < -0.4 is 5.32 Å². The van der Waals surface area contributed by atoms with Gasteiger partial charge in [-0.2, -0.15) is 0 Å². The third-order valence-electron chi connectivity index (χ3n) is 4.89. The first-order chi connectivity index (χ1) is 7.70. The molecule has 3 unspecified atom stereocenters. The lowest BCUT2D eigenvalue weighted by atomic mass is 9.69. The molecule has 0 heterocycles. The molecule has 0 spiro atoms.